The Balaban J connectivity index is 1.57. The summed E-state index contributed by atoms with van der Waals surface area (Å²) in [6.45, 7) is 0.405. The third kappa shape index (κ3) is 2.57. The number of carbonyl (C=O) groups excluding carboxylic acids is 1. The van der Waals surface area contributed by atoms with Gasteiger partial charge in [0.1, 0.15) is 11.6 Å². The van der Waals surface area contributed by atoms with Gasteiger partial charge in [-0.05, 0) is 35.4 Å². The van der Waals surface area contributed by atoms with Gasteiger partial charge >= 0.3 is 0 Å². The van der Waals surface area contributed by atoms with E-state index < -0.39 is 5.92 Å². The van der Waals surface area contributed by atoms with Crippen molar-refractivity contribution < 1.29 is 23.8 Å². The lowest BCUT2D eigenvalue weighted by atomic mass is 9.91. The number of nitrogens with zero attached hydrogens (tertiary/aromatic N) is 1. The molecule has 5 rings (SSSR count). The Labute approximate surface area is 160 Å². The Morgan fingerprint density at radius 2 is 1.71 bits per heavy atom. The van der Waals surface area contributed by atoms with E-state index in [0.29, 0.717) is 23.6 Å². The number of carbonyl (C=O) groups is 1. The summed E-state index contributed by atoms with van der Waals surface area (Å²) in [6.07, 6.45) is 0. The second-order valence-corrected chi connectivity index (χ2v) is 6.81. The topological polar surface area (TPSA) is 59.0 Å². The number of rotatable bonds is 3. The number of phenols is 1. The van der Waals surface area contributed by atoms with E-state index in [1.54, 1.807) is 23.1 Å². The smallest absolute Gasteiger partial charge is 0.239 e. The van der Waals surface area contributed by atoms with E-state index in [1.807, 2.05) is 24.3 Å². The number of amides is 1. The highest BCUT2D eigenvalue weighted by Gasteiger charge is 2.40. The average molecular weight is 377 g/mol. The Bertz CT molecular complexity index is 1080. The highest BCUT2D eigenvalue weighted by molar-refractivity contribution is 6.07. The van der Waals surface area contributed by atoms with Gasteiger partial charge in [0.2, 0.25) is 12.7 Å². The van der Waals surface area contributed by atoms with E-state index in [2.05, 4.69) is 0 Å². The van der Waals surface area contributed by atoms with Crippen LogP contribution in [0.25, 0.3) is 0 Å². The van der Waals surface area contributed by atoms with Gasteiger partial charge in [0.15, 0.2) is 11.5 Å². The van der Waals surface area contributed by atoms with Crippen LogP contribution in [0.5, 0.6) is 17.2 Å². The molecule has 0 aromatic heterocycles. The molecule has 0 bridgehead atoms. The first kappa shape index (κ1) is 16.6. The number of phenolic OH excluding ortho intramolecular Hbond substituents is 1. The number of hydrogen-bond donors (Lipinski definition) is 1. The van der Waals surface area contributed by atoms with Crippen LogP contribution in [0.4, 0.5) is 10.1 Å². The lowest BCUT2D eigenvalue weighted by molar-refractivity contribution is -0.118. The Kier molecular flexibility index (Phi) is 3.72. The van der Waals surface area contributed by atoms with E-state index >= 15 is 0 Å². The van der Waals surface area contributed by atoms with Crippen molar-refractivity contribution in [3.63, 3.8) is 0 Å². The van der Waals surface area contributed by atoms with Gasteiger partial charge in [0, 0.05) is 17.3 Å². The number of halogens is 1. The molecule has 3 aromatic rings. The van der Waals surface area contributed by atoms with E-state index in [1.165, 1.54) is 18.2 Å². The minimum absolute atomic E-state index is 0.0129. The number of benzene rings is 3. The predicted molar refractivity (Wildman–Crippen MR) is 100 cm³/mol. The minimum Gasteiger partial charge on any atom is -0.507 e. The highest BCUT2D eigenvalue weighted by Crippen LogP contribution is 2.47. The van der Waals surface area contributed by atoms with Crippen LogP contribution < -0.4 is 14.4 Å². The van der Waals surface area contributed by atoms with Gasteiger partial charge in [-0.15, -0.1) is 0 Å². The summed E-state index contributed by atoms with van der Waals surface area (Å²) < 4.78 is 23.9. The zero-order chi connectivity index (χ0) is 19.3. The number of anilines is 1. The molecular weight excluding hydrogens is 361 g/mol. The van der Waals surface area contributed by atoms with Crippen LogP contribution in [-0.2, 0) is 11.3 Å². The molecule has 6 heteroatoms. The van der Waals surface area contributed by atoms with Crippen molar-refractivity contribution >= 4 is 11.6 Å². The van der Waals surface area contributed by atoms with E-state index in [9.17, 15) is 14.3 Å². The predicted octanol–water partition coefficient (Wildman–Crippen LogP) is 3.94. The summed E-state index contributed by atoms with van der Waals surface area (Å²) in [5, 5.41) is 10.5. The van der Waals surface area contributed by atoms with E-state index in [-0.39, 0.29) is 24.3 Å². The molecule has 0 saturated heterocycles. The standard InChI is InChI=1S/C22H16FNO4/c23-14-7-5-13(6-8-14)11-24-17-4-2-1-3-15(17)21(22(24)26)16-9-19-20(10-18(16)25)28-12-27-19/h1-10,21,25H,11-12H2. The Morgan fingerprint density at radius 1 is 1.00 bits per heavy atom. The normalized spacial score (nSPS) is 17.1. The monoisotopic (exact) mass is 377 g/mol. The van der Waals surface area contributed by atoms with Crippen LogP contribution in [0.1, 0.15) is 22.6 Å². The van der Waals surface area contributed by atoms with Crippen LogP contribution in [0.3, 0.4) is 0 Å². The number of hydrogen-bond acceptors (Lipinski definition) is 4. The molecule has 2 heterocycles. The summed E-state index contributed by atoms with van der Waals surface area (Å²) in [4.78, 5) is 15.0. The van der Waals surface area contributed by atoms with Gasteiger partial charge in [0.05, 0.1) is 12.5 Å². The van der Waals surface area contributed by atoms with Gasteiger partial charge in [0.25, 0.3) is 0 Å². The van der Waals surface area contributed by atoms with Gasteiger partial charge in [-0.1, -0.05) is 30.3 Å². The third-order valence-electron chi connectivity index (χ3n) is 5.14. The fraction of sp³-hybridized carbons (Fsp3) is 0.136. The Morgan fingerprint density at radius 3 is 2.50 bits per heavy atom. The molecule has 2 aliphatic rings. The third-order valence-corrected chi connectivity index (χ3v) is 5.14. The zero-order valence-electron chi connectivity index (χ0n) is 14.8. The summed E-state index contributed by atoms with van der Waals surface area (Å²) in [6, 6.07) is 16.7. The van der Waals surface area contributed by atoms with Gasteiger partial charge in [-0.25, -0.2) is 4.39 Å². The van der Waals surface area contributed by atoms with Crippen molar-refractivity contribution in [1.82, 2.24) is 0 Å². The molecule has 0 radical (unpaired) electrons. The highest BCUT2D eigenvalue weighted by atomic mass is 19.1. The molecule has 0 spiro atoms. The lowest BCUT2D eigenvalue weighted by Gasteiger charge is -2.18. The summed E-state index contributed by atoms with van der Waals surface area (Å²) >= 11 is 0. The van der Waals surface area contributed by atoms with Gasteiger partial charge in [-0.2, -0.15) is 0 Å². The molecule has 140 valence electrons. The number of fused-ring (bicyclic) bond motifs is 2. The second kappa shape index (κ2) is 6.27. The maximum Gasteiger partial charge on any atom is 0.239 e. The first-order valence-corrected chi connectivity index (χ1v) is 8.89. The van der Waals surface area contributed by atoms with Crippen LogP contribution in [0, 0.1) is 5.82 Å². The average Bonchev–Trinajstić information content (AvgIpc) is 3.25. The number of para-hydroxylation sites is 1. The molecule has 28 heavy (non-hydrogen) atoms. The molecule has 2 aliphatic heterocycles. The van der Waals surface area contributed by atoms with Crippen molar-refractivity contribution in [2.45, 2.75) is 12.5 Å². The molecule has 1 amide bonds. The second-order valence-electron chi connectivity index (χ2n) is 6.81. The molecule has 1 N–H and O–H groups in total. The SMILES string of the molecule is O=C1C(c2cc3c(cc2O)OCO3)c2ccccc2N1Cc1ccc(F)cc1. The largest absolute Gasteiger partial charge is 0.507 e. The van der Waals surface area contributed by atoms with Crippen molar-refractivity contribution in [3.8, 4) is 17.2 Å². The summed E-state index contributed by atoms with van der Waals surface area (Å²) in [5.41, 5.74) is 2.88. The molecule has 0 fully saturated rings. The summed E-state index contributed by atoms with van der Waals surface area (Å²) in [7, 11) is 0. The van der Waals surface area contributed by atoms with Gasteiger partial charge in [-0.3, -0.25) is 4.79 Å². The molecule has 3 aromatic carbocycles. The van der Waals surface area contributed by atoms with Crippen molar-refractivity contribution in [2.24, 2.45) is 0 Å². The zero-order valence-corrected chi connectivity index (χ0v) is 14.8. The van der Waals surface area contributed by atoms with Crippen molar-refractivity contribution in [1.29, 1.82) is 0 Å². The van der Waals surface area contributed by atoms with Crippen LogP contribution >= 0.6 is 0 Å². The molecule has 0 saturated carbocycles. The van der Waals surface area contributed by atoms with Crippen LogP contribution in [-0.4, -0.2) is 17.8 Å². The first-order chi connectivity index (χ1) is 13.6. The summed E-state index contributed by atoms with van der Waals surface area (Å²) in [5.74, 6) is -0.162. The molecular formula is C22H16FNO4. The quantitative estimate of drug-likeness (QED) is 0.751. The number of aromatic hydroxyl groups is 1. The first-order valence-electron chi connectivity index (χ1n) is 8.89. The molecule has 1 unspecified atom stereocenters. The van der Waals surface area contributed by atoms with Crippen LogP contribution in [0.2, 0.25) is 0 Å². The Hall–Kier alpha value is -3.54. The van der Waals surface area contributed by atoms with E-state index in [4.69, 9.17) is 9.47 Å². The molecule has 0 aliphatic carbocycles. The van der Waals surface area contributed by atoms with E-state index in [0.717, 1.165) is 16.8 Å². The van der Waals surface area contributed by atoms with Crippen molar-refractivity contribution in [3.05, 3.63) is 83.2 Å². The fourth-order valence-corrected chi connectivity index (χ4v) is 3.80. The molecule has 5 nitrogen and oxygen atoms in total. The number of ether oxygens (including phenoxy) is 2. The van der Waals surface area contributed by atoms with Crippen molar-refractivity contribution in [2.75, 3.05) is 11.7 Å². The lowest BCUT2D eigenvalue weighted by Crippen LogP contribution is -2.28. The van der Waals surface area contributed by atoms with Gasteiger partial charge < -0.3 is 19.5 Å². The minimum atomic E-state index is -0.647. The molecule has 1 atom stereocenters. The maximum atomic E-state index is 13.4. The van der Waals surface area contributed by atoms with Crippen LogP contribution in [0.15, 0.2) is 60.7 Å². The fourth-order valence-electron chi connectivity index (χ4n) is 3.80. The maximum absolute atomic E-state index is 13.4.